The van der Waals surface area contributed by atoms with E-state index >= 15 is 0 Å². The first-order valence-electron chi connectivity index (χ1n) is 6.05. The predicted molar refractivity (Wildman–Crippen MR) is 77.3 cm³/mol. The minimum Gasteiger partial charge on any atom is -0.321 e. The lowest BCUT2D eigenvalue weighted by molar-refractivity contribution is 0.443. The number of hydrogen-bond acceptors (Lipinski definition) is 2. The van der Waals surface area contributed by atoms with Crippen LogP contribution in [-0.4, -0.2) is 9.78 Å². The molecule has 0 amide bonds. The molecule has 0 fully saturated rings. The molecule has 1 heterocycles. The van der Waals surface area contributed by atoms with Gasteiger partial charge in [0.1, 0.15) is 5.82 Å². The van der Waals surface area contributed by atoms with Crippen LogP contribution in [0.15, 0.2) is 28.7 Å². The first kappa shape index (κ1) is 14.2. The standard InChI is InChI=1S/C14H17BrFN3/c1-9-13(15)12(19(3)18-9)8-14(2,17)10-6-4-5-7-11(10)16/h4-7H,8,17H2,1-3H3. The van der Waals surface area contributed by atoms with Crippen molar-refractivity contribution >= 4 is 15.9 Å². The molecule has 0 aliphatic carbocycles. The van der Waals surface area contributed by atoms with Gasteiger partial charge in [0.25, 0.3) is 0 Å². The van der Waals surface area contributed by atoms with Gasteiger partial charge in [-0.3, -0.25) is 4.68 Å². The van der Waals surface area contributed by atoms with Crippen molar-refractivity contribution in [2.24, 2.45) is 12.8 Å². The SMILES string of the molecule is Cc1nn(C)c(CC(C)(N)c2ccccc2F)c1Br. The summed E-state index contributed by atoms with van der Waals surface area (Å²) in [7, 11) is 1.87. The molecule has 102 valence electrons. The highest BCUT2D eigenvalue weighted by Gasteiger charge is 2.27. The molecule has 3 nitrogen and oxygen atoms in total. The number of nitrogens with two attached hydrogens (primary N) is 1. The molecule has 0 saturated carbocycles. The van der Waals surface area contributed by atoms with E-state index in [4.69, 9.17) is 5.73 Å². The quantitative estimate of drug-likeness (QED) is 0.942. The Morgan fingerprint density at radius 2 is 2.05 bits per heavy atom. The molecular formula is C14H17BrFN3. The van der Waals surface area contributed by atoms with E-state index in [9.17, 15) is 4.39 Å². The van der Waals surface area contributed by atoms with Crippen molar-refractivity contribution in [1.29, 1.82) is 0 Å². The van der Waals surface area contributed by atoms with E-state index in [0.29, 0.717) is 12.0 Å². The smallest absolute Gasteiger partial charge is 0.128 e. The van der Waals surface area contributed by atoms with Crippen LogP contribution in [0.5, 0.6) is 0 Å². The monoisotopic (exact) mass is 325 g/mol. The summed E-state index contributed by atoms with van der Waals surface area (Å²) in [5.41, 5.74) is 7.92. The van der Waals surface area contributed by atoms with Crippen LogP contribution in [0, 0.1) is 12.7 Å². The van der Waals surface area contributed by atoms with Crippen molar-refractivity contribution in [2.75, 3.05) is 0 Å². The molecule has 0 bridgehead atoms. The molecule has 0 aliphatic rings. The van der Waals surface area contributed by atoms with Crippen molar-refractivity contribution in [1.82, 2.24) is 9.78 Å². The molecule has 0 spiro atoms. The third kappa shape index (κ3) is 2.72. The number of nitrogens with zero attached hydrogens (tertiary/aromatic N) is 2. The summed E-state index contributed by atoms with van der Waals surface area (Å²) in [5.74, 6) is -0.275. The van der Waals surface area contributed by atoms with Crippen molar-refractivity contribution < 1.29 is 4.39 Å². The lowest BCUT2D eigenvalue weighted by atomic mass is 9.88. The van der Waals surface area contributed by atoms with Gasteiger partial charge in [-0.15, -0.1) is 0 Å². The highest BCUT2D eigenvalue weighted by molar-refractivity contribution is 9.10. The number of halogens is 2. The average Bonchev–Trinajstić information content (AvgIpc) is 2.56. The molecule has 2 rings (SSSR count). The molecule has 1 atom stereocenters. The van der Waals surface area contributed by atoms with Crippen molar-refractivity contribution in [2.45, 2.75) is 25.8 Å². The molecule has 1 aromatic carbocycles. The molecule has 2 aromatic rings. The second-order valence-corrected chi connectivity index (χ2v) is 5.84. The molecular weight excluding hydrogens is 309 g/mol. The van der Waals surface area contributed by atoms with Crippen molar-refractivity contribution in [3.05, 3.63) is 51.5 Å². The molecule has 19 heavy (non-hydrogen) atoms. The zero-order chi connectivity index (χ0) is 14.2. The lowest BCUT2D eigenvalue weighted by Crippen LogP contribution is -2.37. The van der Waals surface area contributed by atoms with Crippen LogP contribution in [0.2, 0.25) is 0 Å². The first-order chi connectivity index (χ1) is 8.83. The van der Waals surface area contributed by atoms with Crippen LogP contribution in [0.3, 0.4) is 0 Å². The van der Waals surface area contributed by atoms with Gasteiger partial charge in [-0.2, -0.15) is 5.10 Å². The highest BCUT2D eigenvalue weighted by Crippen LogP contribution is 2.29. The topological polar surface area (TPSA) is 43.8 Å². The van der Waals surface area contributed by atoms with Gasteiger partial charge >= 0.3 is 0 Å². The normalized spacial score (nSPS) is 14.4. The second-order valence-electron chi connectivity index (χ2n) is 5.04. The third-order valence-electron chi connectivity index (χ3n) is 3.29. The van der Waals surface area contributed by atoms with Crippen LogP contribution >= 0.6 is 15.9 Å². The van der Waals surface area contributed by atoms with Gasteiger partial charge in [-0.1, -0.05) is 18.2 Å². The Kier molecular flexibility index (Phi) is 3.78. The molecule has 0 radical (unpaired) electrons. The Hall–Kier alpha value is -1.20. The van der Waals surface area contributed by atoms with E-state index < -0.39 is 5.54 Å². The van der Waals surface area contributed by atoms with E-state index in [1.807, 2.05) is 20.9 Å². The summed E-state index contributed by atoms with van der Waals surface area (Å²) in [4.78, 5) is 0. The van der Waals surface area contributed by atoms with Gasteiger partial charge in [-0.05, 0) is 35.8 Å². The maximum Gasteiger partial charge on any atom is 0.128 e. The Morgan fingerprint density at radius 3 is 2.58 bits per heavy atom. The minimum absolute atomic E-state index is 0.275. The Balaban J connectivity index is 2.39. The fraction of sp³-hybridized carbons (Fsp3) is 0.357. The maximum absolute atomic E-state index is 13.9. The van der Waals surface area contributed by atoms with Crippen LogP contribution in [0.25, 0.3) is 0 Å². The molecule has 2 N–H and O–H groups in total. The summed E-state index contributed by atoms with van der Waals surface area (Å²) >= 11 is 3.51. The zero-order valence-electron chi connectivity index (χ0n) is 11.2. The maximum atomic E-state index is 13.9. The number of hydrogen-bond donors (Lipinski definition) is 1. The average molecular weight is 326 g/mol. The summed E-state index contributed by atoms with van der Waals surface area (Å²) in [5, 5.41) is 4.33. The lowest BCUT2D eigenvalue weighted by Gasteiger charge is -2.26. The first-order valence-corrected chi connectivity index (χ1v) is 6.84. The van der Waals surface area contributed by atoms with Gasteiger partial charge in [0.2, 0.25) is 0 Å². The van der Waals surface area contributed by atoms with Gasteiger partial charge < -0.3 is 5.73 Å². The van der Waals surface area contributed by atoms with Crippen LogP contribution in [0.4, 0.5) is 4.39 Å². The Labute approximate surface area is 120 Å². The summed E-state index contributed by atoms with van der Waals surface area (Å²) in [6.45, 7) is 3.75. The Morgan fingerprint density at radius 1 is 1.42 bits per heavy atom. The second kappa shape index (κ2) is 5.06. The summed E-state index contributed by atoms with van der Waals surface area (Å²) in [6.07, 6.45) is 0.506. The fourth-order valence-electron chi connectivity index (χ4n) is 2.24. The number of aromatic nitrogens is 2. The van der Waals surface area contributed by atoms with Gasteiger partial charge in [0.05, 0.1) is 15.9 Å². The van der Waals surface area contributed by atoms with Crippen LogP contribution in [0.1, 0.15) is 23.9 Å². The summed E-state index contributed by atoms with van der Waals surface area (Å²) in [6, 6.07) is 6.63. The molecule has 1 aromatic heterocycles. The van der Waals surface area contributed by atoms with E-state index in [2.05, 4.69) is 21.0 Å². The van der Waals surface area contributed by atoms with Gasteiger partial charge in [-0.25, -0.2) is 4.39 Å². The van der Waals surface area contributed by atoms with E-state index in [-0.39, 0.29) is 5.82 Å². The van der Waals surface area contributed by atoms with E-state index in [0.717, 1.165) is 15.9 Å². The zero-order valence-corrected chi connectivity index (χ0v) is 12.8. The number of aryl methyl sites for hydroxylation is 2. The van der Waals surface area contributed by atoms with Crippen LogP contribution < -0.4 is 5.73 Å². The highest BCUT2D eigenvalue weighted by atomic mass is 79.9. The van der Waals surface area contributed by atoms with Crippen molar-refractivity contribution in [3.8, 4) is 0 Å². The largest absolute Gasteiger partial charge is 0.321 e. The molecule has 0 aliphatic heterocycles. The fourth-order valence-corrected chi connectivity index (χ4v) is 2.72. The van der Waals surface area contributed by atoms with E-state index in [1.54, 1.807) is 22.9 Å². The van der Waals surface area contributed by atoms with Crippen molar-refractivity contribution in [3.63, 3.8) is 0 Å². The molecule has 0 saturated heterocycles. The van der Waals surface area contributed by atoms with Gasteiger partial charge in [0, 0.05) is 24.6 Å². The predicted octanol–water partition coefficient (Wildman–Crippen LogP) is 3.05. The molecule has 1 unspecified atom stereocenters. The number of benzene rings is 1. The van der Waals surface area contributed by atoms with Gasteiger partial charge in [0.15, 0.2) is 0 Å². The minimum atomic E-state index is -0.784. The third-order valence-corrected chi connectivity index (χ3v) is 4.32. The Bertz CT molecular complexity index is 605. The number of rotatable bonds is 3. The molecule has 5 heteroatoms. The summed E-state index contributed by atoms with van der Waals surface area (Å²) < 4.78 is 16.6. The van der Waals surface area contributed by atoms with Crippen LogP contribution in [-0.2, 0) is 19.0 Å². The van der Waals surface area contributed by atoms with E-state index in [1.165, 1.54) is 6.07 Å².